The lowest BCUT2D eigenvalue weighted by molar-refractivity contribution is 0.0951. The molecule has 0 atom stereocenters. The molecule has 1 rings (SSSR count). The quantitative estimate of drug-likeness (QED) is 0.622. The largest absolute Gasteiger partial charge is 0.352 e. The summed E-state index contributed by atoms with van der Waals surface area (Å²) in [6.07, 6.45) is 2.34. The van der Waals surface area contributed by atoms with Gasteiger partial charge in [-0.3, -0.25) is 4.79 Å². The Labute approximate surface area is 124 Å². The first-order valence-corrected chi connectivity index (χ1v) is 7.15. The van der Waals surface area contributed by atoms with Crippen LogP contribution in [-0.2, 0) is 0 Å². The van der Waals surface area contributed by atoms with E-state index in [1.54, 1.807) is 0 Å². The Kier molecular flexibility index (Phi) is 7.13. The van der Waals surface area contributed by atoms with Crippen molar-refractivity contribution in [2.24, 2.45) is 0 Å². The minimum atomic E-state index is -0.175. The van der Waals surface area contributed by atoms with Gasteiger partial charge < -0.3 is 10.2 Å². The number of carbonyl (C=O) groups excluding carboxylic acids is 1. The number of aromatic nitrogens is 1. The van der Waals surface area contributed by atoms with Crippen LogP contribution in [0.2, 0.25) is 10.2 Å². The first-order chi connectivity index (χ1) is 9.08. The van der Waals surface area contributed by atoms with E-state index in [1.807, 2.05) is 0 Å². The molecule has 1 aromatic heterocycles. The van der Waals surface area contributed by atoms with E-state index in [2.05, 4.69) is 29.0 Å². The number of hydrogen-bond acceptors (Lipinski definition) is 3. The lowest BCUT2D eigenvalue weighted by atomic mass is 10.2. The summed E-state index contributed by atoms with van der Waals surface area (Å²) in [5, 5.41) is 3.34. The summed E-state index contributed by atoms with van der Waals surface area (Å²) >= 11 is 11.5. The molecule has 106 valence electrons. The van der Waals surface area contributed by atoms with Crippen molar-refractivity contribution in [2.45, 2.75) is 20.3 Å². The summed E-state index contributed by atoms with van der Waals surface area (Å²) in [6, 6.07) is 1.52. The monoisotopic (exact) mass is 303 g/mol. The van der Waals surface area contributed by atoms with Gasteiger partial charge in [0.25, 0.3) is 5.91 Å². The highest BCUT2D eigenvalue weighted by atomic mass is 35.5. The standard InChI is InChI=1S/C13H19Cl2N3O/c1-3-18(4-2)7-5-6-16-13(19)10-8-11(14)12(15)17-9-10/h8-9H,3-7H2,1-2H3,(H,16,19). The maximum Gasteiger partial charge on any atom is 0.252 e. The number of hydrogen-bond donors (Lipinski definition) is 1. The zero-order chi connectivity index (χ0) is 14.3. The van der Waals surface area contributed by atoms with Crippen molar-refractivity contribution < 1.29 is 4.79 Å². The predicted octanol–water partition coefficient (Wildman–Crippen LogP) is 2.85. The van der Waals surface area contributed by atoms with Crippen molar-refractivity contribution >= 4 is 29.1 Å². The summed E-state index contributed by atoms with van der Waals surface area (Å²) in [5.74, 6) is -0.175. The summed E-state index contributed by atoms with van der Waals surface area (Å²) < 4.78 is 0. The zero-order valence-corrected chi connectivity index (χ0v) is 12.8. The van der Waals surface area contributed by atoms with Gasteiger partial charge >= 0.3 is 0 Å². The lowest BCUT2D eigenvalue weighted by Crippen LogP contribution is -2.29. The number of nitrogens with zero attached hydrogens (tertiary/aromatic N) is 2. The fraction of sp³-hybridized carbons (Fsp3) is 0.538. The first-order valence-electron chi connectivity index (χ1n) is 6.40. The molecule has 1 heterocycles. The van der Waals surface area contributed by atoms with Crippen molar-refractivity contribution in [2.75, 3.05) is 26.2 Å². The molecule has 0 spiro atoms. The summed E-state index contributed by atoms with van der Waals surface area (Å²) in [7, 11) is 0. The van der Waals surface area contributed by atoms with Crippen LogP contribution in [0.5, 0.6) is 0 Å². The van der Waals surface area contributed by atoms with Crippen LogP contribution in [0.25, 0.3) is 0 Å². The van der Waals surface area contributed by atoms with Gasteiger partial charge in [0.05, 0.1) is 10.6 Å². The molecule has 6 heteroatoms. The Balaban J connectivity index is 2.37. The third-order valence-corrected chi connectivity index (χ3v) is 3.58. The second-order valence-electron chi connectivity index (χ2n) is 4.13. The van der Waals surface area contributed by atoms with E-state index in [-0.39, 0.29) is 16.1 Å². The topological polar surface area (TPSA) is 45.2 Å². The third-order valence-electron chi connectivity index (χ3n) is 2.89. The number of amides is 1. The lowest BCUT2D eigenvalue weighted by Gasteiger charge is -2.17. The molecule has 1 N–H and O–H groups in total. The molecule has 1 aromatic rings. The second kappa shape index (κ2) is 8.35. The van der Waals surface area contributed by atoms with E-state index < -0.39 is 0 Å². The number of pyridine rings is 1. The Hall–Kier alpha value is -0.840. The minimum Gasteiger partial charge on any atom is -0.352 e. The fourth-order valence-corrected chi connectivity index (χ4v) is 1.96. The van der Waals surface area contributed by atoms with Gasteiger partial charge in [-0.05, 0) is 32.1 Å². The van der Waals surface area contributed by atoms with Crippen molar-refractivity contribution in [1.29, 1.82) is 0 Å². The zero-order valence-electron chi connectivity index (χ0n) is 11.2. The molecule has 0 aromatic carbocycles. The number of nitrogens with one attached hydrogen (secondary N) is 1. The molecule has 0 aliphatic carbocycles. The molecule has 0 aliphatic rings. The third kappa shape index (κ3) is 5.35. The van der Waals surface area contributed by atoms with Crippen molar-refractivity contribution in [3.63, 3.8) is 0 Å². The minimum absolute atomic E-state index is 0.175. The summed E-state index contributed by atoms with van der Waals surface area (Å²) in [6.45, 7) is 7.93. The molecule has 0 saturated carbocycles. The Bertz CT molecular complexity index is 422. The molecule has 0 saturated heterocycles. The molecule has 0 bridgehead atoms. The molecular formula is C13H19Cl2N3O. The van der Waals surface area contributed by atoms with Crippen LogP contribution in [0, 0.1) is 0 Å². The van der Waals surface area contributed by atoms with Gasteiger partial charge in [-0.1, -0.05) is 37.0 Å². The molecule has 0 fully saturated rings. The van der Waals surface area contributed by atoms with Crippen LogP contribution in [0.15, 0.2) is 12.3 Å². The fourth-order valence-electron chi connectivity index (χ4n) is 1.69. The van der Waals surface area contributed by atoms with Crippen LogP contribution in [0.3, 0.4) is 0 Å². The van der Waals surface area contributed by atoms with E-state index >= 15 is 0 Å². The van der Waals surface area contributed by atoms with E-state index in [0.717, 1.165) is 26.1 Å². The second-order valence-corrected chi connectivity index (χ2v) is 4.90. The molecular weight excluding hydrogens is 285 g/mol. The highest BCUT2D eigenvalue weighted by Gasteiger charge is 2.08. The number of rotatable bonds is 7. The van der Waals surface area contributed by atoms with Crippen LogP contribution < -0.4 is 5.32 Å². The number of halogens is 2. The molecule has 19 heavy (non-hydrogen) atoms. The van der Waals surface area contributed by atoms with Gasteiger partial charge in [-0.15, -0.1) is 0 Å². The maximum absolute atomic E-state index is 11.8. The van der Waals surface area contributed by atoms with Crippen LogP contribution in [0.4, 0.5) is 0 Å². The SMILES string of the molecule is CCN(CC)CCCNC(=O)c1cnc(Cl)c(Cl)c1. The molecule has 0 radical (unpaired) electrons. The smallest absolute Gasteiger partial charge is 0.252 e. The average molecular weight is 304 g/mol. The van der Waals surface area contributed by atoms with Crippen LogP contribution in [0.1, 0.15) is 30.6 Å². The van der Waals surface area contributed by atoms with Gasteiger partial charge in [0.1, 0.15) is 5.15 Å². The molecule has 0 aliphatic heterocycles. The van der Waals surface area contributed by atoms with Gasteiger partial charge in [0.2, 0.25) is 0 Å². The Morgan fingerprint density at radius 3 is 2.63 bits per heavy atom. The normalized spacial score (nSPS) is 10.8. The van der Waals surface area contributed by atoms with Gasteiger partial charge in [-0.25, -0.2) is 4.98 Å². The predicted molar refractivity (Wildman–Crippen MR) is 79.0 cm³/mol. The van der Waals surface area contributed by atoms with Gasteiger partial charge in [-0.2, -0.15) is 0 Å². The van der Waals surface area contributed by atoms with E-state index in [4.69, 9.17) is 23.2 Å². The number of carbonyl (C=O) groups is 1. The van der Waals surface area contributed by atoms with Crippen molar-refractivity contribution in [1.82, 2.24) is 15.2 Å². The van der Waals surface area contributed by atoms with Gasteiger partial charge in [0, 0.05) is 12.7 Å². The first kappa shape index (κ1) is 16.2. The molecule has 0 unspecified atom stereocenters. The van der Waals surface area contributed by atoms with E-state index in [0.29, 0.717) is 12.1 Å². The van der Waals surface area contributed by atoms with Crippen molar-refractivity contribution in [3.05, 3.63) is 28.0 Å². The summed E-state index contributed by atoms with van der Waals surface area (Å²) in [4.78, 5) is 18.0. The van der Waals surface area contributed by atoms with E-state index in [1.165, 1.54) is 12.3 Å². The highest BCUT2D eigenvalue weighted by molar-refractivity contribution is 6.41. The average Bonchev–Trinajstić information content (AvgIpc) is 2.42. The molecule has 4 nitrogen and oxygen atoms in total. The molecule has 1 amide bonds. The van der Waals surface area contributed by atoms with Crippen LogP contribution in [-0.4, -0.2) is 42.0 Å². The van der Waals surface area contributed by atoms with Crippen LogP contribution >= 0.6 is 23.2 Å². The van der Waals surface area contributed by atoms with E-state index in [9.17, 15) is 4.79 Å². The highest BCUT2D eigenvalue weighted by Crippen LogP contribution is 2.19. The summed E-state index contributed by atoms with van der Waals surface area (Å²) in [5.41, 5.74) is 0.428. The maximum atomic E-state index is 11.8. The van der Waals surface area contributed by atoms with Gasteiger partial charge in [0.15, 0.2) is 0 Å². The Morgan fingerprint density at radius 2 is 2.05 bits per heavy atom. The Morgan fingerprint density at radius 1 is 1.37 bits per heavy atom. The van der Waals surface area contributed by atoms with Crippen molar-refractivity contribution in [3.8, 4) is 0 Å².